The van der Waals surface area contributed by atoms with Crippen molar-refractivity contribution < 1.29 is 8.42 Å². The first-order chi connectivity index (χ1) is 15.4. The van der Waals surface area contributed by atoms with Crippen LogP contribution in [0.4, 0.5) is 11.6 Å². The lowest BCUT2D eigenvalue weighted by atomic mass is 9.96. The predicted molar refractivity (Wildman–Crippen MR) is 125 cm³/mol. The average molecular weight is 456 g/mol. The van der Waals surface area contributed by atoms with Gasteiger partial charge < -0.3 is 14.8 Å². The van der Waals surface area contributed by atoms with Crippen molar-refractivity contribution in [2.24, 2.45) is 4.99 Å². The van der Waals surface area contributed by atoms with Crippen LogP contribution in [-0.4, -0.2) is 65.4 Å². The van der Waals surface area contributed by atoms with Crippen molar-refractivity contribution in [3.63, 3.8) is 0 Å². The van der Waals surface area contributed by atoms with Crippen molar-refractivity contribution in [1.82, 2.24) is 24.6 Å². The van der Waals surface area contributed by atoms with E-state index in [4.69, 9.17) is 0 Å². The van der Waals surface area contributed by atoms with Crippen molar-refractivity contribution in [2.75, 3.05) is 18.0 Å². The number of aromatic nitrogens is 3. The number of hydrogen-bond donors (Lipinski definition) is 2. The largest absolute Gasteiger partial charge is 0.364 e. The summed E-state index contributed by atoms with van der Waals surface area (Å²) in [4.78, 5) is 20.9. The average Bonchev–Trinajstić information content (AvgIpc) is 3.51. The molecule has 10 heteroatoms. The summed E-state index contributed by atoms with van der Waals surface area (Å²) < 4.78 is 27.3. The number of hydrogen-bond acceptors (Lipinski definition) is 7. The van der Waals surface area contributed by atoms with Gasteiger partial charge in [0.25, 0.3) is 0 Å². The van der Waals surface area contributed by atoms with E-state index in [9.17, 15) is 8.42 Å². The molecule has 2 aliphatic heterocycles. The first kappa shape index (κ1) is 21.1. The number of aliphatic imine (C=N–C) groups is 1. The fraction of sp³-hybridized carbons (Fsp3) is 0.500. The topological polar surface area (TPSA) is 107 Å². The number of nitrogens with zero attached hydrogens (tertiary/aromatic N) is 5. The molecule has 0 unspecified atom stereocenters. The highest BCUT2D eigenvalue weighted by Gasteiger charge is 2.41. The molecule has 0 radical (unpaired) electrons. The number of H-pyrrole nitrogens is 1. The van der Waals surface area contributed by atoms with E-state index in [0.29, 0.717) is 19.6 Å². The molecule has 2 aromatic heterocycles. The van der Waals surface area contributed by atoms with Gasteiger partial charge in [-0.3, -0.25) is 0 Å². The minimum atomic E-state index is -3.17. The van der Waals surface area contributed by atoms with Gasteiger partial charge >= 0.3 is 0 Å². The smallest absolute Gasteiger partial charge is 0.214 e. The van der Waals surface area contributed by atoms with E-state index in [1.54, 1.807) is 6.33 Å². The number of rotatable bonds is 7. The minimum absolute atomic E-state index is 0.0583. The molecule has 0 spiro atoms. The van der Waals surface area contributed by atoms with Gasteiger partial charge in [0, 0.05) is 55.1 Å². The second-order valence-electron chi connectivity index (χ2n) is 8.84. The quantitative estimate of drug-likeness (QED) is 0.620. The first-order valence-corrected chi connectivity index (χ1v) is 12.6. The molecule has 3 aliphatic rings. The third-order valence-electron chi connectivity index (χ3n) is 6.58. The summed E-state index contributed by atoms with van der Waals surface area (Å²) in [6.45, 7) is 9.86. The molecule has 0 amide bonds. The second kappa shape index (κ2) is 8.00. The van der Waals surface area contributed by atoms with Gasteiger partial charge in [0.05, 0.1) is 17.0 Å². The van der Waals surface area contributed by atoms with Crippen LogP contribution in [-0.2, 0) is 23.0 Å². The summed E-state index contributed by atoms with van der Waals surface area (Å²) in [5.41, 5.74) is 4.29. The Bertz CT molecular complexity index is 1160. The van der Waals surface area contributed by atoms with Crippen LogP contribution in [0.1, 0.15) is 43.5 Å². The van der Waals surface area contributed by atoms with E-state index < -0.39 is 10.0 Å². The zero-order chi connectivity index (χ0) is 22.5. The Morgan fingerprint density at radius 1 is 1.34 bits per heavy atom. The highest BCUT2D eigenvalue weighted by Crippen LogP contribution is 2.37. The van der Waals surface area contributed by atoms with Crippen molar-refractivity contribution in [1.29, 1.82) is 0 Å². The molecule has 9 nitrogen and oxygen atoms in total. The summed E-state index contributed by atoms with van der Waals surface area (Å²) in [6, 6.07) is 2.23. The van der Waals surface area contributed by atoms with Gasteiger partial charge in [-0.1, -0.05) is 6.08 Å². The number of aromatic amines is 1. The molecule has 1 aliphatic carbocycles. The minimum Gasteiger partial charge on any atom is -0.364 e. The molecular weight excluding hydrogens is 426 g/mol. The fourth-order valence-corrected chi connectivity index (χ4v) is 6.26. The molecule has 1 saturated heterocycles. The summed E-state index contributed by atoms with van der Waals surface area (Å²) in [6.07, 6.45) is 7.97. The Balaban J connectivity index is 1.36. The highest BCUT2D eigenvalue weighted by atomic mass is 32.2. The molecule has 1 saturated carbocycles. The van der Waals surface area contributed by atoms with E-state index in [1.807, 2.05) is 19.2 Å². The van der Waals surface area contributed by atoms with Crippen molar-refractivity contribution in [3.05, 3.63) is 41.5 Å². The monoisotopic (exact) mass is 455 g/mol. The number of nitrogens with one attached hydrogen (secondary N) is 2. The van der Waals surface area contributed by atoms with Crippen molar-refractivity contribution >= 4 is 34.1 Å². The van der Waals surface area contributed by atoms with Gasteiger partial charge in [0.2, 0.25) is 10.0 Å². The molecule has 170 valence electrons. The highest BCUT2D eigenvalue weighted by molar-refractivity contribution is 7.90. The van der Waals surface area contributed by atoms with E-state index in [2.05, 4.69) is 54.2 Å². The van der Waals surface area contributed by atoms with Crippen LogP contribution < -0.4 is 9.62 Å². The number of fused-ring (bicyclic) bond motifs is 1. The van der Waals surface area contributed by atoms with Crippen molar-refractivity contribution in [2.45, 2.75) is 57.0 Å². The molecule has 2 N–H and O–H groups in total. The Hall–Kier alpha value is -2.72. The summed E-state index contributed by atoms with van der Waals surface area (Å²) in [5.74, 6) is 1.66. The van der Waals surface area contributed by atoms with Crippen LogP contribution in [0.15, 0.2) is 29.7 Å². The molecule has 4 heterocycles. The van der Waals surface area contributed by atoms with Crippen LogP contribution in [0.2, 0.25) is 0 Å². The fourth-order valence-electron chi connectivity index (χ4n) is 4.69. The Kier molecular flexibility index (Phi) is 5.29. The van der Waals surface area contributed by atoms with E-state index in [1.165, 1.54) is 0 Å². The van der Waals surface area contributed by atoms with Gasteiger partial charge in [0.1, 0.15) is 18.0 Å². The van der Waals surface area contributed by atoms with Gasteiger partial charge in [-0.25, -0.2) is 28.1 Å². The molecule has 5 rings (SSSR count). The Morgan fingerprint density at radius 2 is 2.12 bits per heavy atom. The van der Waals surface area contributed by atoms with Gasteiger partial charge in [0.15, 0.2) is 0 Å². The third kappa shape index (κ3) is 3.71. The van der Waals surface area contributed by atoms with Crippen molar-refractivity contribution in [3.8, 4) is 0 Å². The lowest BCUT2D eigenvalue weighted by Gasteiger charge is -2.43. The molecule has 32 heavy (non-hydrogen) atoms. The van der Waals surface area contributed by atoms with Gasteiger partial charge in [-0.2, -0.15) is 0 Å². The maximum Gasteiger partial charge on any atom is 0.214 e. The molecule has 0 aromatic carbocycles. The van der Waals surface area contributed by atoms with Gasteiger partial charge in [-0.15, -0.1) is 0 Å². The van der Waals surface area contributed by atoms with Crippen LogP contribution >= 0.6 is 0 Å². The SMILES string of the molecule is C=Nc1[nH]ccc1/C(=C\C)N1Cc2c(ncnc2N2CC(NS(=O)(=O)C3CC3)C2)C[C@H]1C. The van der Waals surface area contributed by atoms with Crippen LogP contribution in [0.25, 0.3) is 5.70 Å². The van der Waals surface area contributed by atoms with Crippen LogP contribution in [0.3, 0.4) is 0 Å². The summed E-state index contributed by atoms with van der Waals surface area (Å²) >= 11 is 0. The standard InChI is InChI=1S/C22H29N7O2S/c1-4-20(17-7-8-24-21(17)23-3)29-12-18-19(9-14(29)2)25-13-26-22(18)28-10-15(11-28)27-32(30,31)16-5-6-16/h4,7-8,13-16,24,27H,3,5-6,9-12H2,1-2H3/b20-4+/t14-/m1/s1. The summed E-state index contributed by atoms with van der Waals surface area (Å²) in [5, 5.41) is -0.193. The molecule has 2 fully saturated rings. The van der Waals surface area contributed by atoms with Crippen LogP contribution in [0, 0.1) is 0 Å². The number of allylic oxidation sites excluding steroid dienone is 1. The Labute approximate surface area is 188 Å². The first-order valence-electron chi connectivity index (χ1n) is 11.1. The van der Waals surface area contributed by atoms with Gasteiger partial charge in [-0.05, 0) is 39.5 Å². The molecular formula is C22H29N7O2S. The third-order valence-corrected chi connectivity index (χ3v) is 8.59. The number of anilines is 1. The molecule has 2 aromatic rings. The van der Waals surface area contributed by atoms with E-state index in [0.717, 1.165) is 53.4 Å². The summed E-state index contributed by atoms with van der Waals surface area (Å²) in [7, 11) is -3.17. The normalized spacial score (nSPS) is 21.9. The lowest BCUT2D eigenvalue weighted by molar-refractivity contribution is 0.278. The predicted octanol–water partition coefficient (Wildman–Crippen LogP) is 2.21. The molecule has 1 atom stereocenters. The molecule has 0 bridgehead atoms. The Morgan fingerprint density at radius 3 is 2.81 bits per heavy atom. The zero-order valence-corrected chi connectivity index (χ0v) is 19.3. The van der Waals surface area contributed by atoms with E-state index >= 15 is 0 Å². The maximum absolute atomic E-state index is 12.2. The maximum atomic E-state index is 12.2. The lowest BCUT2D eigenvalue weighted by Crippen LogP contribution is -2.60. The zero-order valence-electron chi connectivity index (χ0n) is 18.5. The second-order valence-corrected chi connectivity index (χ2v) is 10.8. The number of sulfonamides is 1. The van der Waals surface area contributed by atoms with E-state index in [-0.39, 0.29) is 17.3 Å². The van der Waals surface area contributed by atoms with Crippen LogP contribution in [0.5, 0.6) is 0 Å².